The Balaban J connectivity index is 2.44. The zero-order valence-corrected chi connectivity index (χ0v) is 12.6. The molecule has 0 heterocycles. The fourth-order valence-corrected chi connectivity index (χ4v) is 1.90. The van der Waals surface area contributed by atoms with Crippen molar-refractivity contribution in [2.75, 3.05) is 36.5 Å². The second-order valence-corrected chi connectivity index (χ2v) is 4.25. The highest BCUT2D eigenvalue weighted by Gasteiger charge is 2.00. The number of rotatable bonds is 8. The van der Waals surface area contributed by atoms with Crippen LogP contribution in [0.25, 0.3) is 0 Å². The Kier molecular flexibility index (Phi) is 7.25. The molecule has 0 spiro atoms. The highest BCUT2D eigenvalue weighted by atomic mass is 16.5. The smallest absolute Gasteiger partial charge is 0.330 e. The molecular weight excluding hydrogens is 252 g/mol. The maximum absolute atomic E-state index is 11.1. The normalized spacial score (nSPS) is 10.6. The van der Waals surface area contributed by atoms with E-state index in [-0.39, 0.29) is 5.97 Å². The van der Waals surface area contributed by atoms with Gasteiger partial charge in [-0.1, -0.05) is 6.08 Å². The van der Waals surface area contributed by atoms with Gasteiger partial charge >= 0.3 is 5.97 Å². The lowest BCUT2D eigenvalue weighted by molar-refractivity contribution is -0.137. The van der Waals surface area contributed by atoms with E-state index in [1.807, 2.05) is 12.1 Å². The standard InChI is InChI=1S/C16H24N2O2/c1-4-18(5-2)15-11-9-14(10-12-15)17-13-7-8-16(19)20-6-3/h7-12,17H,4-6,13H2,1-3H3/b8-7+. The number of carbonyl (C=O) groups is 1. The predicted molar refractivity (Wildman–Crippen MR) is 84.3 cm³/mol. The lowest BCUT2D eigenvalue weighted by Crippen LogP contribution is -2.21. The van der Waals surface area contributed by atoms with Crippen LogP contribution in [-0.2, 0) is 9.53 Å². The summed E-state index contributed by atoms with van der Waals surface area (Å²) in [5.74, 6) is -0.300. The van der Waals surface area contributed by atoms with E-state index in [4.69, 9.17) is 4.74 Å². The second kappa shape index (κ2) is 9.02. The molecule has 0 amide bonds. The number of benzene rings is 1. The molecule has 110 valence electrons. The Morgan fingerprint density at radius 3 is 2.40 bits per heavy atom. The third-order valence-electron chi connectivity index (χ3n) is 2.96. The van der Waals surface area contributed by atoms with Crippen molar-refractivity contribution in [1.82, 2.24) is 0 Å². The number of ether oxygens (including phenoxy) is 1. The largest absolute Gasteiger partial charge is 0.463 e. The Bertz CT molecular complexity index is 423. The van der Waals surface area contributed by atoms with Crippen LogP contribution in [0.4, 0.5) is 11.4 Å². The zero-order valence-electron chi connectivity index (χ0n) is 12.6. The van der Waals surface area contributed by atoms with Gasteiger partial charge in [0.1, 0.15) is 0 Å². The van der Waals surface area contributed by atoms with Crippen LogP contribution in [0.5, 0.6) is 0 Å². The van der Waals surface area contributed by atoms with Crippen LogP contribution in [0.15, 0.2) is 36.4 Å². The molecule has 0 aromatic heterocycles. The van der Waals surface area contributed by atoms with Crippen LogP contribution < -0.4 is 10.2 Å². The molecule has 4 nitrogen and oxygen atoms in total. The maximum atomic E-state index is 11.1. The topological polar surface area (TPSA) is 41.6 Å². The van der Waals surface area contributed by atoms with E-state index < -0.39 is 0 Å². The van der Waals surface area contributed by atoms with Gasteiger partial charge < -0.3 is 15.0 Å². The number of carbonyl (C=O) groups excluding carboxylic acids is 1. The molecule has 1 aromatic carbocycles. The summed E-state index contributed by atoms with van der Waals surface area (Å²) in [4.78, 5) is 13.4. The van der Waals surface area contributed by atoms with Crippen LogP contribution in [0.3, 0.4) is 0 Å². The van der Waals surface area contributed by atoms with E-state index in [1.165, 1.54) is 11.8 Å². The van der Waals surface area contributed by atoms with Gasteiger partial charge in [-0.3, -0.25) is 0 Å². The summed E-state index contributed by atoms with van der Waals surface area (Å²) in [6, 6.07) is 8.30. The minimum absolute atomic E-state index is 0.300. The van der Waals surface area contributed by atoms with Crippen LogP contribution in [0, 0.1) is 0 Å². The number of hydrogen-bond acceptors (Lipinski definition) is 4. The molecule has 0 fully saturated rings. The van der Waals surface area contributed by atoms with Gasteiger partial charge in [0.2, 0.25) is 0 Å². The van der Waals surface area contributed by atoms with Crippen molar-refractivity contribution in [2.45, 2.75) is 20.8 Å². The monoisotopic (exact) mass is 276 g/mol. The second-order valence-electron chi connectivity index (χ2n) is 4.25. The molecule has 0 bridgehead atoms. The van der Waals surface area contributed by atoms with E-state index in [1.54, 1.807) is 13.0 Å². The summed E-state index contributed by atoms with van der Waals surface area (Å²) in [6.45, 7) is 9.11. The van der Waals surface area contributed by atoms with Gasteiger partial charge in [0, 0.05) is 37.1 Å². The molecule has 4 heteroatoms. The van der Waals surface area contributed by atoms with Crippen molar-refractivity contribution < 1.29 is 9.53 Å². The molecule has 0 saturated carbocycles. The summed E-state index contributed by atoms with van der Waals surface area (Å²) < 4.78 is 4.80. The third-order valence-corrected chi connectivity index (χ3v) is 2.96. The van der Waals surface area contributed by atoms with E-state index in [0.717, 1.165) is 18.8 Å². The molecule has 0 aliphatic rings. The van der Waals surface area contributed by atoms with Crippen LogP contribution in [0.2, 0.25) is 0 Å². The van der Waals surface area contributed by atoms with Crippen molar-refractivity contribution in [3.63, 3.8) is 0 Å². The predicted octanol–water partition coefficient (Wildman–Crippen LogP) is 3.06. The first-order valence-electron chi connectivity index (χ1n) is 7.13. The summed E-state index contributed by atoms with van der Waals surface area (Å²) in [5.41, 5.74) is 2.26. The molecule has 0 saturated heterocycles. The summed E-state index contributed by atoms with van der Waals surface area (Å²) >= 11 is 0. The van der Waals surface area contributed by atoms with Gasteiger partial charge in [-0.25, -0.2) is 4.79 Å². The third kappa shape index (κ3) is 5.34. The minimum atomic E-state index is -0.300. The molecule has 0 aliphatic carbocycles. The zero-order chi connectivity index (χ0) is 14.8. The molecule has 20 heavy (non-hydrogen) atoms. The van der Waals surface area contributed by atoms with Gasteiger partial charge in [-0.15, -0.1) is 0 Å². The lowest BCUT2D eigenvalue weighted by atomic mass is 10.2. The average molecular weight is 276 g/mol. The molecule has 1 aromatic rings. The van der Waals surface area contributed by atoms with Crippen molar-refractivity contribution in [2.24, 2.45) is 0 Å². The number of hydrogen-bond donors (Lipinski definition) is 1. The Morgan fingerprint density at radius 2 is 1.85 bits per heavy atom. The van der Waals surface area contributed by atoms with E-state index >= 15 is 0 Å². The highest BCUT2D eigenvalue weighted by Crippen LogP contribution is 2.17. The van der Waals surface area contributed by atoms with Gasteiger partial charge in [0.15, 0.2) is 0 Å². The van der Waals surface area contributed by atoms with Crippen molar-refractivity contribution in [3.05, 3.63) is 36.4 Å². The lowest BCUT2D eigenvalue weighted by Gasteiger charge is -2.21. The van der Waals surface area contributed by atoms with Gasteiger partial charge in [-0.05, 0) is 45.0 Å². The Hall–Kier alpha value is -1.97. The molecule has 0 aliphatic heterocycles. The van der Waals surface area contributed by atoms with Crippen LogP contribution in [0.1, 0.15) is 20.8 Å². The summed E-state index contributed by atoms with van der Waals surface area (Å²) in [6.07, 6.45) is 3.21. The van der Waals surface area contributed by atoms with Gasteiger partial charge in [0.25, 0.3) is 0 Å². The van der Waals surface area contributed by atoms with Crippen molar-refractivity contribution in [1.29, 1.82) is 0 Å². The summed E-state index contributed by atoms with van der Waals surface area (Å²) in [7, 11) is 0. The maximum Gasteiger partial charge on any atom is 0.330 e. The minimum Gasteiger partial charge on any atom is -0.463 e. The molecule has 1 N–H and O–H groups in total. The van der Waals surface area contributed by atoms with E-state index in [0.29, 0.717) is 13.2 Å². The molecule has 0 atom stereocenters. The van der Waals surface area contributed by atoms with Crippen molar-refractivity contribution >= 4 is 17.3 Å². The molecule has 0 radical (unpaired) electrons. The van der Waals surface area contributed by atoms with Crippen LogP contribution in [-0.4, -0.2) is 32.2 Å². The number of anilines is 2. The molecule has 0 unspecified atom stereocenters. The fourth-order valence-electron chi connectivity index (χ4n) is 1.90. The quantitative estimate of drug-likeness (QED) is 0.585. The van der Waals surface area contributed by atoms with Crippen molar-refractivity contribution in [3.8, 4) is 0 Å². The van der Waals surface area contributed by atoms with E-state index in [9.17, 15) is 4.79 Å². The van der Waals surface area contributed by atoms with Gasteiger partial charge in [-0.2, -0.15) is 0 Å². The molecular formula is C16H24N2O2. The van der Waals surface area contributed by atoms with Crippen LogP contribution >= 0.6 is 0 Å². The Labute approximate surface area is 121 Å². The number of esters is 1. The Morgan fingerprint density at radius 1 is 1.20 bits per heavy atom. The average Bonchev–Trinajstić information content (AvgIpc) is 2.47. The number of nitrogens with one attached hydrogen (secondary N) is 1. The first-order valence-corrected chi connectivity index (χ1v) is 7.13. The fraction of sp³-hybridized carbons (Fsp3) is 0.438. The first kappa shape index (κ1) is 16.1. The summed E-state index contributed by atoms with van der Waals surface area (Å²) in [5, 5.41) is 3.23. The van der Waals surface area contributed by atoms with Gasteiger partial charge in [0.05, 0.1) is 6.61 Å². The number of nitrogens with zero attached hydrogens (tertiary/aromatic N) is 1. The first-order chi connectivity index (χ1) is 9.71. The van der Waals surface area contributed by atoms with E-state index in [2.05, 4.69) is 36.2 Å². The molecule has 1 rings (SSSR count). The highest BCUT2D eigenvalue weighted by molar-refractivity contribution is 5.81. The SMILES string of the molecule is CCOC(=O)/C=C/CNc1ccc(N(CC)CC)cc1.